The first-order valence-electron chi connectivity index (χ1n) is 12.0. The number of nitrogens with zero attached hydrogens (tertiary/aromatic N) is 3. The van der Waals surface area contributed by atoms with Gasteiger partial charge >= 0.3 is 0 Å². The van der Waals surface area contributed by atoms with Crippen molar-refractivity contribution in [1.29, 1.82) is 0 Å². The maximum Gasteiger partial charge on any atom is 0.174 e. The molecule has 37 heavy (non-hydrogen) atoms. The molecule has 6 rings (SSSR count). The van der Waals surface area contributed by atoms with Crippen molar-refractivity contribution in [1.82, 2.24) is 9.80 Å². The van der Waals surface area contributed by atoms with E-state index >= 15 is 0 Å². The van der Waals surface area contributed by atoms with Gasteiger partial charge in [-0.1, -0.05) is 36.0 Å². The van der Waals surface area contributed by atoms with Gasteiger partial charge in [0.05, 0.1) is 24.5 Å². The molecule has 1 atom stereocenters. The number of thioether (sulfide) groups is 1. The third-order valence-corrected chi connectivity index (χ3v) is 7.65. The molecule has 0 aliphatic carbocycles. The first-order valence-corrected chi connectivity index (χ1v) is 12.9. The average molecular weight is 514 g/mol. The van der Waals surface area contributed by atoms with E-state index in [1.165, 1.54) is 24.3 Å². The molecule has 7 heteroatoms. The molecule has 0 saturated carbocycles. The Kier molecular flexibility index (Phi) is 6.18. The zero-order chi connectivity index (χ0) is 25.5. The molecule has 3 aromatic rings. The Labute approximate surface area is 219 Å². The molecule has 0 spiro atoms. The molecule has 3 heterocycles. The van der Waals surface area contributed by atoms with Crippen LogP contribution < -0.4 is 4.74 Å². The van der Waals surface area contributed by atoms with E-state index in [1.807, 2.05) is 36.4 Å². The number of methoxy groups -OCH3 is 1. The van der Waals surface area contributed by atoms with Crippen molar-refractivity contribution in [2.45, 2.75) is 6.04 Å². The van der Waals surface area contributed by atoms with E-state index in [1.54, 1.807) is 31.0 Å². The Morgan fingerprint density at radius 2 is 1.59 bits per heavy atom. The molecule has 3 aromatic carbocycles. The fourth-order valence-corrected chi connectivity index (χ4v) is 6.03. The van der Waals surface area contributed by atoms with Crippen LogP contribution in [0.2, 0.25) is 0 Å². The highest BCUT2D eigenvalue weighted by Crippen LogP contribution is 2.49. The lowest BCUT2D eigenvalue weighted by Gasteiger charge is -2.42. The van der Waals surface area contributed by atoms with E-state index in [9.17, 15) is 8.78 Å². The van der Waals surface area contributed by atoms with Crippen molar-refractivity contribution >= 4 is 28.7 Å². The summed E-state index contributed by atoms with van der Waals surface area (Å²) in [6.07, 6.45) is 2.09. The van der Waals surface area contributed by atoms with Gasteiger partial charge in [0.2, 0.25) is 0 Å². The number of amidine groups is 1. The summed E-state index contributed by atoms with van der Waals surface area (Å²) in [5.41, 5.74) is 7.22. The molecular formula is C30H25F2N3OS. The number of fused-ring (bicyclic) bond motifs is 1. The third-order valence-electron chi connectivity index (χ3n) is 6.81. The Morgan fingerprint density at radius 1 is 0.919 bits per heavy atom. The lowest BCUT2D eigenvalue weighted by Crippen LogP contribution is -2.40. The Hall–Kier alpha value is -3.68. The van der Waals surface area contributed by atoms with Gasteiger partial charge in [-0.05, 0) is 89.5 Å². The van der Waals surface area contributed by atoms with Crippen molar-refractivity contribution in [2.75, 3.05) is 27.2 Å². The maximum absolute atomic E-state index is 13.9. The zero-order valence-electron chi connectivity index (χ0n) is 20.5. The molecule has 1 unspecified atom stereocenters. The van der Waals surface area contributed by atoms with Gasteiger partial charge in [-0.2, -0.15) is 0 Å². The van der Waals surface area contributed by atoms with Crippen molar-refractivity contribution in [3.05, 3.63) is 123 Å². The molecule has 0 saturated heterocycles. The van der Waals surface area contributed by atoms with E-state index in [-0.39, 0.29) is 17.7 Å². The number of halogens is 2. The minimum absolute atomic E-state index is 0.147. The normalized spacial score (nSPS) is 20.5. The smallest absolute Gasteiger partial charge is 0.174 e. The summed E-state index contributed by atoms with van der Waals surface area (Å²) in [5, 5.41) is 3.01. The van der Waals surface area contributed by atoms with Crippen LogP contribution in [0.15, 0.2) is 100 Å². The van der Waals surface area contributed by atoms with Crippen molar-refractivity contribution < 1.29 is 13.5 Å². The number of benzene rings is 3. The minimum atomic E-state index is -0.262. The van der Waals surface area contributed by atoms with E-state index in [0.29, 0.717) is 0 Å². The lowest BCUT2D eigenvalue weighted by molar-refractivity contribution is 0.344. The van der Waals surface area contributed by atoms with Crippen LogP contribution in [-0.2, 0) is 0 Å². The topological polar surface area (TPSA) is 28.1 Å². The number of aliphatic imine (C=N–C) groups is 1. The first kappa shape index (κ1) is 23.7. The lowest BCUT2D eigenvalue weighted by atomic mass is 9.88. The van der Waals surface area contributed by atoms with Crippen LogP contribution >= 0.6 is 11.8 Å². The molecular weight excluding hydrogens is 488 g/mol. The molecule has 0 amide bonds. The first-order chi connectivity index (χ1) is 18.0. The summed E-state index contributed by atoms with van der Waals surface area (Å²) < 4.78 is 32.8. The van der Waals surface area contributed by atoms with Gasteiger partial charge in [0.1, 0.15) is 17.4 Å². The van der Waals surface area contributed by atoms with Gasteiger partial charge < -0.3 is 9.64 Å². The van der Waals surface area contributed by atoms with Gasteiger partial charge in [0.15, 0.2) is 5.17 Å². The highest BCUT2D eigenvalue weighted by molar-refractivity contribution is 8.16. The van der Waals surface area contributed by atoms with Crippen LogP contribution in [0, 0.1) is 11.6 Å². The molecule has 0 aromatic heterocycles. The van der Waals surface area contributed by atoms with Crippen LogP contribution in [0.1, 0.15) is 22.7 Å². The molecule has 4 nitrogen and oxygen atoms in total. The molecule has 0 radical (unpaired) electrons. The summed E-state index contributed by atoms with van der Waals surface area (Å²) in [6.45, 7) is 1.46. The second kappa shape index (κ2) is 9.65. The van der Waals surface area contributed by atoms with Crippen LogP contribution in [0.4, 0.5) is 8.78 Å². The number of rotatable bonds is 4. The number of likely N-dealkylation sites (N-methyl/N-ethyl adjacent to an activating group) is 1. The number of ether oxygens (including phenoxy) is 1. The number of hydrogen-bond acceptors (Lipinski definition) is 5. The van der Waals surface area contributed by atoms with Crippen LogP contribution in [0.5, 0.6) is 5.75 Å². The molecule has 0 fully saturated rings. The van der Waals surface area contributed by atoms with Gasteiger partial charge in [-0.25, -0.2) is 13.8 Å². The van der Waals surface area contributed by atoms with Gasteiger partial charge in [-0.3, -0.25) is 4.90 Å². The van der Waals surface area contributed by atoms with E-state index in [4.69, 9.17) is 9.73 Å². The highest BCUT2D eigenvalue weighted by atomic mass is 32.2. The predicted octanol–water partition coefficient (Wildman–Crippen LogP) is 6.71. The average Bonchev–Trinajstić information content (AvgIpc) is 3.33. The minimum Gasteiger partial charge on any atom is -0.497 e. The van der Waals surface area contributed by atoms with E-state index < -0.39 is 0 Å². The standard InChI is InChI=1S/C30H25F2N3OS/c1-34-16-22(15-19-3-9-23(31)10-4-19)28-26(17-34)29(21-5-11-24(32)12-6-21)35-27(18-37-30(35)33-28)20-7-13-25(36-2)14-8-20/h3-15,18,29H,16-17H2,1-2H3. The van der Waals surface area contributed by atoms with Crippen LogP contribution in [0.3, 0.4) is 0 Å². The van der Waals surface area contributed by atoms with Crippen molar-refractivity contribution in [3.8, 4) is 5.75 Å². The van der Waals surface area contributed by atoms with E-state index in [0.717, 1.165) is 63.2 Å². The van der Waals surface area contributed by atoms with Gasteiger partial charge in [0, 0.05) is 18.5 Å². The monoisotopic (exact) mass is 513 g/mol. The third kappa shape index (κ3) is 4.49. The quantitative estimate of drug-likeness (QED) is 0.387. The summed E-state index contributed by atoms with van der Waals surface area (Å²) in [6, 6.07) is 21.1. The molecule has 186 valence electrons. The number of hydrogen-bond donors (Lipinski definition) is 0. The summed E-state index contributed by atoms with van der Waals surface area (Å²) in [7, 11) is 3.74. The molecule has 3 aliphatic rings. The second-order valence-electron chi connectivity index (χ2n) is 9.34. The Morgan fingerprint density at radius 3 is 2.27 bits per heavy atom. The zero-order valence-corrected chi connectivity index (χ0v) is 21.3. The molecule has 0 bridgehead atoms. The van der Waals surface area contributed by atoms with Crippen LogP contribution in [0.25, 0.3) is 11.8 Å². The highest BCUT2D eigenvalue weighted by Gasteiger charge is 2.41. The summed E-state index contributed by atoms with van der Waals surface area (Å²) in [5.74, 6) is 0.279. The fourth-order valence-electron chi connectivity index (χ4n) is 5.10. The second-order valence-corrected chi connectivity index (χ2v) is 10.2. The van der Waals surface area contributed by atoms with Crippen molar-refractivity contribution in [3.63, 3.8) is 0 Å². The fraction of sp³-hybridized carbons (Fsp3) is 0.167. The Balaban J connectivity index is 1.49. The Bertz CT molecular complexity index is 1460. The van der Waals surface area contributed by atoms with Gasteiger partial charge in [-0.15, -0.1) is 0 Å². The van der Waals surface area contributed by atoms with Gasteiger partial charge in [0.25, 0.3) is 0 Å². The predicted molar refractivity (Wildman–Crippen MR) is 146 cm³/mol. The molecule has 3 aliphatic heterocycles. The largest absolute Gasteiger partial charge is 0.497 e. The molecule has 0 N–H and O–H groups in total. The summed E-state index contributed by atoms with van der Waals surface area (Å²) >= 11 is 1.59. The van der Waals surface area contributed by atoms with Crippen molar-refractivity contribution in [2.24, 2.45) is 4.99 Å². The van der Waals surface area contributed by atoms with Crippen LogP contribution in [-0.4, -0.2) is 42.2 Å². The maximum atomic E-state index is 13.9. The summed E-state index contributed by atoms with van der Waals surface area (Å²) in [4.78, 5) is 9.68. The SMILES string of the molecule is COc1ccc(C2=CSC3=NC4=C(CN(C)CC4=Cc4ccc(F)cc4)C(c4ccc(F)cc4)N23)cc1. The van der Waals surface area contributed by atoms with E-state index in [2.05, 4.69) is 28.3 Å².